The van der Waals surface area contributed by atoms with Gasteiger partial charge < -0.3 is 4.74 Å². The molecule has 1 aliphatic rings. The summed E-state index contributed by atoms with van der Waals surface area (Å²) in [4.78, 5) is 21.0. The molecule has 1 atom stereocenters. The zero-order valence-electron chi connectivity index (χ0n) is 17.9. The molecule has 1 amide bonds. The lowest BCUT2D eigenvalue weighted by Gasteiger charge is -2.23. The van der Waals surface area contributed by atoms with Gasteiger partial charge in [-0.05, 0) is 55.9 Å². The van der Waals surface area contributed by atoms with Crippen LogP contribution in [0.3, 0.4) is 0 Å². The topological polar surface area (TPSA) is 76.6 Å². The van der Waals surface area contributed by atoms with E-state index >= 15 is 0 Å². The molecular weight excluding hydrogens is 464 g/mol. The smallest absolute Gasteiger partial charge is 0.228 e. The first-order chi connectivity index (χ1) is 15.5. The molecule has 1 saturated heterocycles. The van der Waals surface area contributed by atoms with Gasteiger partial charge in [-0.1, -0.05) is 29.5 Å². The number of rotatable bonds is 9. The summed E-state index contributed by atoms with van der Waals surface area (Å²) in [5, 5.41) is 0.643. The molecule has 6 nitrogen and oxygen atoms in total. The number of hydrogen-bond acceptors (Lipinski definition) is 7. The van der Waals surface area contributed by atoms with Gasteiger partial charge in [0.15, 0.2) is 15.0 Å². The Labute approximate surface area is 196 Å². The van der Waals surface area contributed by atoms with E-state index in [1.54, 1.807) is 47.0 Å². The van der Waals surface area contributed by atoms with Crippen molar-refractivity contribution in [1.82, 2.24) is 4.98 Å². The standard InChI is InChI=1S/C23H26N2O4S3/c1-30-18-11-12-20-21(15-18)31-23(24-20)25(16-17-7-5-13-29-17)22(26)10-6-14-32(27,28)19-8-3-2-4-9-19/h2-4,8-9,11-12,15,17H,5-7,10,13-14,16H2,1H3. The highest BCUT2D eigenvalue weighted by molar-refractivity contribution is 7.98. The van der Waals surface area contributed by atoms with Crippen molar-refractivity contribution in [3.63, 3.8) is 0 Å². The van der Waals surface area contributed by atoms with Crippen LogP contribution < -0.4 is 4.90 Å². The molecule has 170 valence electrons. The van der Waals surface area contributed by atoms with Crippen LogP contribution in [0.4, 0.5) is 5.13 Å². The second-order valence-corrected chi connectivity index (χ2v) is 11.7. The largest absolute Gasteiger partial charge is 0.376 e. The SMILES string of the molecule is CSc1ccc2nc(N(CC3CCCO3)C(=O)CCCS(=O)(=O)c3ccccc3)sc2c1. The fourth-order valence-corrected chi connectivity index (χ4v) is 6.59. The Hall–Kier alpha value is -1.94. The van der Waals surface area contributed by atoms with Crippen LogP contribution in [0, 0.1) is 0 Å². The Morgan fingerprint density at radius 2 is 2.06 bits per heavy atom. The van der Waals surface area contributed by atoms with Crippen LogP contribution >= 0.6 is 23.1 Å². The number of ether oxygens (including phenoxy) is 1. The van der Waals surface area contributed by atoms with Crippen molar-refractivity contribution in [2.75, 3.05) is 30.1 Å². The second-order valence-electron chi connectivity index (χ2n) is 7.70. The maximum atomic E-state index is 13.2. The van der Waals surface area contributed by atoms with E-state index in [1.807, 2.05) is 18.4 Å². The fourth-order valence-electron chi connectivity index (χ4n) is 3.71. The molecule has 2 heterocycles. The van der Waals surface area contributed by atoms with Gasteiger partial charge in [0.1, 0.15) is 0 Å². The molecule has 0 bridgehead atoms. The number of nitrogens with zero attached hydrogens (tertiary/aromatic N) is 2. The van der Waals surface area contributed by atoms with Gasteiger partial charge in [-0.25, -0.2) is 13.4 Å². The van der Waals surface area contributed by atoms with Crippen molar-refractivity contribution >= 4 is 54.2 Å². The third-order valence-electron chi connectivity index (χ3n) is 5.43. The highest BCUT2D eigenvalue weighted by Gasteiger charge is 2.26. The van der Waals surface area contributed by atoms with Crippen molar-refractivity contribution in [3.8, 4) is 0 Å². The number of benzene rings is 2. The lowest BCUT2D eigenvalue weighted by atomic mass is 10.2. The molecule has 0 spiro atoms. The molecule has 0 saturated carbocycles. The third kappa shape index (κ3) is 5.51. The van der Waals surface area contributed by atoms with Gasteiger partial charge in [0.05, 0.1) is 33.5 Å². The van der Waals surface area contributed by atoms with Gasteiger partial charge in [0.25, 0.3) is 0 Å². The van der Waals surface area contributed by atoms with Crippen LogP contribution in [-0.2, 0) is 19.4 Å². The van der Waals surface area contributed by atoms with Crippen molar-refractivity contribution in [2.45, 2.75) is 41.6 Å². The van der Waals surface area contributed by atoms with Crippen LogP contribution in [0.25, 0.3) is 10.2 Å². The molecule has 1 unspecified atom stereocenters. The third-order valence-corrected chi connectivity index (χ3v) is 9.02. The van der Waals surface area contributed by atoms with E-state index in [-0.39, 0.29) is 30.6 Å². The number of sulfone groups is 1. The predicted molar refractivity (Wildman–Crippen MR) is 130 cm³/mol. The Morgan fingerprint density at radius 1 is 1.25 bits per heavy atom. The van der Waals surface area contributed by atoms with Crippen molar-refractivity contribution in [1.29, 1.82) is 0 Å². The van der Waals surface area contributed by atoms with E-state index in [9.17, 15) is 13.2 Å². The van der Waals surface area contributed by atoms with E-state index in [4.69, 9.17) is 9.72 Å². The average Bonchev–Trinajstić information content (AvgIpc) is 3.46. The second kappa shape index (κ2) is 10.3. The number of carbonyl (C=O) groups is 1. The normalized spacial score (nSPS) is 16.5. The van der Waals surface area contributed by atoms with Gasteiger partial charge in [0.2, 0.25) is 5.91 Å². The van der Waals surface area contributed by atoms with Gasteiger partial charge in [-0.3, -0.25) is 9.69 Å². The molecule has 2 aromatic carbocycles. The first-order valence-electron chi connectivity index (χ1n) is 10.6. The van der Waals surface area contributed by atoms with E-state index < -0.39 is 9.84 Å². The number of carbonyl (C=O) groups excluding carboxylic acids is 1. The zero-order chi connectivity index (χ0) is 22.6. The van der Waals surface area contributed by atoms with Crippen LogP contribution in [0.15, 0.2) is 58.3 Å². The quantitative estimate of drug-likeness (QED) is 0.402. The first kappa shape index (κ1) is 23.2. The highest BCUT2D eigenvalue weighted by atomic mass is 32.2. The summed E-state index contributed by atoms with van der Waals surface area (Å²) in [6.45, 7) is 1.15. The van der Waals surface area contributed by atoms with Crippen LogP contribution in [0.2, 0.25) is 0 Å². The maximum Gasteiger partial charge on any atom is 0.228 e. The van der Waals surface area contributed by atoms with E-state index in [0.29, 0.717) is 23.2 Å². The summed E-state index contributed by atoms with van der Waals surface area (Å²) in [6.07, 6.45) is 4.32. The van der Waals surface area contributed by atoms with Crippen LogP contribution in [-0.4, -0.2) is 50.6 Å². The number of hydrogen-bond donors (Lipinski definition) is 0. The molecule has 1 aromatic heterocycles. The van der Waals surface area contributed by atoms with Gasteiger partial charge in [-0.15, -0.1) is 11.8 Å². The number of amides is 1. The minimum absolute atomic E-state index is 0.0132. The molecule has 9 heteroatoms. The molecule has 1 fully saturated rings. The summed E-state index contributed by atoms with van der Waals surface area (Å²) in [6, 6.07) is 14.5. The number of thiazole rings is 1. The molecule has 0 N–H and O–H groups in total. The lowest BCUT2D eigenvalue weighted by molar-refractivity contribution is -0.119. The summed E-state index contributed by atoms with van der Waals surface area (Å²) in [5.41, 5.74) is 0.861. The molecule has 3 aromatic rings. The van der Waals surface area contributed by atoms with E-state index in [2.05, 4.69) is 6.07 Å². The highest BCUT2D eigenvalue weighted by Crippen LogP contribution is 2.32. The molecule has 0 aliphatic carbocycles. The number of aromatic nitrogens is 1. The number of fused-ring (bicyclic) bond motifs is 1. The zero-order valence-corrected chi connectivity index (χ0v) is 20.3. The molecule has 32 heavy (non-hydrogen) atoms. The minimum atomic E-state index is -3.41. The number of anilines is 1. The van der Waals surface area contributed by atoms with Gasteiger partial charge >= 0.3 is 0 Å². The Morgan fingerprint density at radius 3 is 2.78 bits per heavy atom. The predicted octanol–water partition coefficient (Wildman–Crippen LogP) is 4.78. The molecule has 4 rings (SSSR count). The maximum absolute atomic E-state index is 13.2. The summed E-state index contributed by atoms with van der Waals surface area (Å²) < 4.78 is 31.9. The monoisotopic (exact) mass is 490 g/mol. The van der Waals surface area contributed by atoms with Crippen molar-refractivity contribution in [3.05, 3.63) is 48.5 Å². The Kier molecular flexibility index (Phi) is 7.50. The molecule has 0 radical (unpaired) electrons. The fraction of sp³-hybridized carbons (Fsp3) is 0.391. The average molecular weight is 491 g/mol. The van der Waals surface area contributed by atoms with Crippen molar-refractivity contribution in [2.24, 2.45) is 0 Å². The lowest BCUT2D eigenvalue weighted by Crippen LogP contribution is -2.37. The molecular formula is C23H26N2O4S3. The summed E-state index contributed by atoms with van der Waals surface area (Å²) >= 11 is 3.16. The van der Waals surface area contributed by atoms with E-state index in [1.165, 1.54) is 11.3 Å². The summed E-state index contributed by atoms with van der Waals surface area (Å²) in [7, 11) is -3.41. The Bertz CT molecular complexity index is 1170. The van der Waals surface area contributed by atoms with Gasteiger partial charge in [0, 0.05) is 17.9 Å². The Balaban J connectivity index is 1.49. The van der Waals surface area contributed by atoms with Crippen LogP contribution in [0.5, 0.6) is 0 Å². The molecule has 1 aliphatic heterocycles. The minimum Gasteiger partial charge on any atom is -0.376 e. The number of thioether (sulfide) groups is 1. The van der Waals surface area contributed by atoms with Gasteiger partial charge in [-0.2, -0.15) is 0 Å². The van der Waals surface area contributed by atoms with Crippen LogP contribution in [0.1, 0.15) is 25.7 Å². The summed E-state index contributed by atoms with van der Waals surface area (Å²) in [5.74, 6) is -0.180. The van der Waals surface area contributed by atoms with E-state index in [0.717, 1.165) is 28.0 Å². The first-order valence-corrected chi connectivity index (χ1v) is 14.3. The van der Waals surface area contributed by atoms with Crippen molar-refractivity contribution < 1.29 is 17.9 Å².